The average Bonchev–Trinajstić information content (AvgIpc) is 3.59. The van der Waals surface area contributed by atoms with E-state index in [2.05, 4.69) is 21.5 Å². The van der Waals surface area contributed by atoms with E-state index in [4.69, 9.17) is 9.72 Å². The van der Waals surface area contributed by atoms with Crippen molar-refractivity contribution < 1.29 is 13.7 Å². The molecule has 1 atom stereocenters. The molecule has 2 aromatic heterocycles. The lowest BCUT2D eigenvalue weighted by Crippen LogP contribution is -2.35. The van der Waals surface area contributed by atoms with E-state index in [9.17, 15) is 13.8 Å². The second-order valence-corrected chi connectivity index (χ2v) is 14.9. The summed E-state index contributed by atoms with van der Waals surface area (Å²) in [7, 11) is -2.46. The number of amides is 1. The summed E-state index contributed by atoms with van der Waals surface area (Å²) in [5, 5.41) is 7.08. The van der Waals surface area contributed by atoms with E-state index in [-0.39, 0.29) is 29.4 Å². The second kappa shape index (κ2) is 13.0. The Morgan fingerprint density at radius 2 is 1.78 bits per heavy atom. The quantitative estimate of drug-likeness (QED) is 0.261. The number of hydrogen-bond donors (Lipinski definition) is 2. The molecule has 6 rings (SSSR count). The van der Waals surface area contributed by atoms with Crippen LogP contribution in [0.4, 0.5) is 11.6 Å². The Morgan fingerprint density at radius 3 is 2.44 bits per heavy atom. The average molecular weight is 629 g/mol. The Hall–Kier alpha value is -4.22. The molecule has 2 N–H and O–H groups in total. The Balaban J connectivity index is 1.32. The zero-order chi connectivity index (χ0) is 31.6. The molecule has 0 bridgehead atoms. The number of ether oxygens (including phenoxy) is 1. The van der Waals surface area contributed by atoms with Crippen molar-refractivity contribution in [2.75, 3.05) is 31.5 Å². The number of fused-ring (bicyclic) bond motifs is 1. The molecule has 4 heterocycles. The van der Waals surface area contributed by atoms with E-state index >= 15 is 0 Å². The van der Waals surface area contributed by atoms with Gasteiger partial charge >= 0.3 is 0 Å². The molecule has 0 radical (unpaired) electrons. The predicted molar refractivity (Wildman–Crippen MR) is 180 cm³/mol. The van der Waals surface area contributed by atoms with Crippen LogP contribution in [0.15, 0.2) is 70.5 Å². The molecule has 0 aliphatic carbocycles. The third-order valence-corrected chi connectivity index (χ3v) is 11.2. The summed E-state index contributed by atoms with van der Waals surface area (Å²) in [6.45, 7) is 6.93. The molecule has 4 aromatic rings. The van der Waals surface area contributed by atoms with Crippen molar-refractivity contribution in [3.05, 3.63) is 71.1 Å². The number of carbonyl (C=O) groups is 1. The fourth-order valence-electron chi connectivity index (χ4n) is 5.76. The molecule has 45 heavy (non-hydrogen) atoms. The minimum Gasteiger partial charge on any atom is -0.490 e. The van der Waals surface area contributed by atoms with Crippen LogP contribution in [0.3, 0.4) is 0 Å². The van der Waals surface area contributed by atoms with Crippen LogP contribution in [0.2, 0.25) is 0 Å². The van der Waals surface area contributed by atoms with Gasteiger partial charge in [-0.1, -0.05) is 26.0 Å². The zero-order valence-electron chi connectivity index (χ0n) is 25.8. The maximum absolute atomic E-state index is 14.0. The predicted octanol–water partition coefficient (Wildman–Crippen LogP) is 4.44. The van der Waals surface area contributed by atoms with E-state index in [0.29, 0.717) is 46.1 Å². The first-order chi connectivity index (χ1) is 21.7. The number of nitrogens with zero attached hydrogens (tertiary/aromatic N) is 4. The van der Waals surface area contributed by atoms with Gasteiger partial charge in [-0.25, -0.2) is 4.98 Å². The summed E-state index contributed by atoms with van der Waals surface area (Å²) in [5.41, 5.74) is 1.88. The maximum Gasteiger partial charge on any atom is 0.260 e. The van der Waals surface area contributed by atoms with Crippen molar-refractivity contribution in [1.82, 2.24) is 24.8 Å². The van der Waals surface area contributed by atoms with Crippen molar-refractivity contribution in [3.63, 3.8) is 0 Å². The number of benzene rings is 2. The normalized spacial score (nSPS) is 17.0. The molecule has 236 valence electrons. The first-order valence-corrected chi connectivity index (χ1v) is 17.4. The largest absolute Gasteiger partial charge is 0.490 e. The fourth-order valence-corrected chi connectivity index (χ4v) is 6.90. The number of nitrogens with one attached hydrogen (secondary N) is 2. The summed E-state index contributed by atoms with van der Waals surface area (Å²) in [4.78, 5) is 39.0. The van der Waals surface area contributed by atoms with Gasteiger partial charge in [0.25, 0.3) is 5.56 Å². The Kier molecular flexibility index (Phi) is 8.91. The lowest BCUT2D eigenvalue weighted by Gasteiger charge is -2.23. The third kappa shape index (κ3) is 6.74. The lowest BCUT2D eigenvalue weighted by atomic mass is 10.1. The Labute approximate surface area is 263 Å². The van der Waals surface area contributed by atoms with Crippen molar-refractivity contribution in [1.29, 1.82) is 0 Å². The molecule has 1 amide bonds. The number of likely N-dealkylation sites (tertiary alicyclic amines) is 1. The first-order valence-electron chi connectivity index (χ1n) is 15.6. The topological polar surface area (TPSA) is 118 Å². The summed E-state index contributed by atoms with van der Waals surface area (Å²) >= 11 is 0. The van der Waals surface area contributed by atoms with Gasteiger partial charge in [0.05, 0.1) is 0 Å². The lowest BCUT2D eigenvalue weighted by molar-refractivity contribution is -0.130. The summed E-state index contributed by atoms with van der Waals surface area (Å²) in [6, 6.07) is 16.5. The molecule has 10 nitrogen and oxygen atoms in total. The van der Waals surface area contributed by atoms with Gasteiger partial charge in [0.2, 0.25) is 11.9 Å². The van der Waals surface area contributed by atoms with Crippen LogP contribution in [0.1, 0.15) is 39.5 Å². The highest BCUT2D eigenvalue weighted by molar-refractivity contribution is 8.00. The smallest absolute Gasteiger partial charge is 0.260 e. The van der Waals surface area contributed by atoms with Crippen molar-refractivity contribution >= 4 is 44.0 Å². The summed E-state index contributed by atoms with van der Waals surface area (Å²) < 4.78 is 20.7. The van der Waals surface area contributed by atoms with Gasteiger partial charge in [0, 0.05) is 46.1 Å². The molecule has 1 unspecified atom stereocenters. The Bertz CT molecular complexity index is 1840. The number of aromatic nitrogens is 3. The molecule has 2 aliphatic rings. The summed E-state index contributed by atoms with van der Waals surface area (Å²) in [5.74, 6) is 4.95. The highest BCUT2D eigenvalue weighted by atomic mass is 32.2. The number of pyridine rings is 1. The van der Waals surface area contributed by atoms with Gasteiger partial charge in [-0.2, -0.15) is 4.98 Å². The van der Waals surface area contributed by atoms with Crippen LogP contribution in [-0.4, -0.2) is 73.0 Å². The zero-order valence-corrected chi connectivity index (χ0v) is 26.6. The van der Waals surface area contributed by atoms with Gasteiger partial charge in [-0.05, 0) is 102 Å². The van der Waals surface area contributed by atoms with E-state index in [1.54, 1.807) is 41.4 Å². The van der Waals surface area contributed by atoms with Gasteiger partial charge < -0.3 is 20.3 Å². The van der Waals surface area contributed by atoms with Crippen LogP contribution in [0.5, 0.6) is 5.75 Å². The Morgan fingerprint density at radius 1 is 1.09 bits per heavy atom. The van der Waals surface area contributed by atoms with Crippen LogP contribution in [0.25, 0.3) is 22.2 Å². The van der Waals surface area contributed by atoms with Crippen molar-refractivity contribution in [2.24, 2.45) is 0 Å². The van der Waals surface area contributed by atoms with Gasteiger partial charge in [0.15, 0.2) is 0 Å². The van der Waals surface area contributed by atoms with Gasteiger partial charge in [0.1, 0.15) is 24.0 Å². The molecule has 2 aromatic carbocycles. The maximum atomic E-state index is 14.0. The summed E-state index contributed by atoms with van der Waals surface area (Å²) in [6.07, 6.45) is 5.75. The molecule has 2 aliphatic heterocycles. The standard InChI is InChI=1S/C34H40N6O4S/c1-23(2)45(3,43)29-12-6-24(7-13-29)30-20-25-21-36-34(37-26-8-10-27(11-9-26)44-28-14-16-35-17-15-28)38-32(25)40(33(30)42)22-31(41)39-18-4-5-19-39/h6-13,20-21,23,28,35H,3-5,14-19,22H2,1-2H3,(H,36,37,38). The highest BCUT2D eigenvalue weighted by Gasteiger charge is 2.22. The molecule has 0 saturated carbocycles. The van der Waals surface area contributed by atoms with Gasteiger partial charge in [-0.15, -0.1) is 0 Å². The van der Waals surface area contributed by atoms with Crippen LogP contribution >= 0.6 is 0 Å². The molecule has 2 fully saturated rings. The second-order valence-electron chi connectivity index (χ2n) is 12.0. The van der Waals surface area contributed by atoms with E-state index in [1.165, 1.54) is 4.57 Å². The van der Waals surface area contributed by atoms with Crippen LogP contribution in [-0.2, 0) is 20.9 Å². The first kappa shape index (κ1) is 30.8. The molecule has 0 spiro atoms. The third-order valence-electron chi connectivity index (χ3n) is 8.60. The number of hydrogen-bond acceptors (Lipinski definition) is 8. The van der Waals surface area contributed by atoms with E-state index < -0.39 is 9.52 Å². The van der Waals surface area contributed by atoms with Gasteiger partial charge in [-0.3, -0.25) is 18.4 Å². The molecular formula is C34H40N6O4S. The minimum atomic E-state index is -2.46. The molecular weight excluding hydrogens is 588 g/mol. The van der Waals surface area contributed by atoms with Crippen molar-refractivity contribution in [2.45, 2.75) is 62.3 Å². The van der Waals surface area contributed by atoms with E-state index in [0.717, 1.165) is 50.2 Å². The van der Waals surface area contributed by atoms with Crippen molar-refractivity contribution in [3.8, 4) is 16.9 Å². The van der Waals surface area contributed by atoms with Crippen LogP contribution < -0.4 is 20.9 Å². The molecule has 2 saturated heterocycles. The molecule has 11 heteroatoms. The number of piperidine rings is 1. The fraction of sp³-hybridized carbons (Fsp3) is 0.382. The minimum absolute atomic E-state index is 0.116. The number of rotatable bonds is 9. The SMILES string of the molecule is C=S(=O)(c1ccc(-c2cc3cnc(Nc4ccc(OC5CCNCC5)cc4)nc3n(CC(=O)N3CCCC3)c2=O)cc1)C(C)C. The van der Waals surface area contributed by atoms with E-state index in [1.807, 2.05) is 38.1 Å². The van der Waals surface area contributed by atoms with Crippen LogP contribution in [0, 0.1) is 0 Å². The monoisotopic (exact) mass is 628 g/mol. The number of carbonyl (C=O) groups excluding carboxylic acids is 1. The highest BCUT2D eigenvalue weighted by Crippen LogP contribution is 2.26. The number of anilines is 2.